The van der Waals surface area contributed by atoms with Crippen LogP contribution in [-0.4, -0.2) is 115 Å². The summed E-state index contributed by atoms with van der Waals surface area (Å²) in [5.41, 5.74) is 5.59. The lowest BCUT2D eigenvalue weighted by Gasteiger charge is -2.33. The number of rotatable bonds is 11. The van der Waals surface area contributed by atoms with E-state index in [1.54, 1.807) is 22.4 Å². The number of alkyl carbamates (subject to hydrolysis) is 1. The van der Waals surface area contributed by atoms with Crippen LogP contribution in [0, 0.1) is 11.8 Å². The zero-order valence-electron chi connectivity index (χ0n) is 32.2. The van der Waals surface area contributed by atoms with Gasteiger partial charge in [0.2, 0.25) is 0 Å². The van der Waals surface area contributed by atoms with Crippen molar-refractivity contribution in [1.82, 2.24) is 50.6 Å². The Morgan fingerprint density at radius 3 is 1.44 bits per heavy atom. The number of H-pyrrole nitrogens is 2. The Balaban J connectivity index is 1.13. The maximum Gasteiger partial charge on any atom is 0.407 e. The van der Waals surface area contributed by atoms with Gasteiger partial charge in [-0.2, -0.15) is 0 Å². The van der Waals surface area contributed by atoms with Crippen molar-refractivity contribution in [3.8, 4) is 33.6 Å². The molecular weight excluding hydrogens is 704 g/mol. The van der Waals surface area contributed by atoms with Gasteiger partial charge in [0.15, 0.2) is 0 Å². The fraction of sp³-hybridized carbons (Fsp3) is 0.436. The number of carbonyl (C=O) groups excluding carboxylic acids is 3. The monoisotopic (exact) mass is 754 g/mol. The third-order valence-corrected chi connectivity index (χ3v) is 10.4. The number of hydrazine groups is 2. The summed E-state index contributed by atoms with van der Waals surface area (Å²) in [5.74, 6) is 0.404. The number of ether oxygens (including phenoxy) is 1. The molecule has 0 saturated carbocycles. The molecule has 2 aromatic carbocycles. The molecule has 4 amide bonds. The molecule has 0 unspecified atom stereocenters. The van der Waals surface area contributed by atoms with E-state index in [1.165, 1.54) is 7.11 Å². The van der Waals surface area contributed by atoms with Crippen LogP contribution in [0.4, 0.5) is 9.59 Å². The Morgan fingerprint density at radius 2 is 1.07 bits per heavy atom. The van der Waals surface area contributed by atoms with Gasteiger partial charge in [-0.15, -0.1) is 0 Å². The van der Waals surface area contributed by atoms with Gasteiger partial charge in [-0.05, 0) is 46.9 Å². The van der Waals surface area contributed by atoms with Crippen LogP contribution in [0.5, 0.6) is 0 Å². The van der Waals surface area contributed by atoms with Gasteiger partial charge in [0.1, 0.15) is 35.8 Å². The van der Waals surface area contributed by atoms with E-state index in [0.717, 1.165) is 33.6 Å². The Morgan fingerprint density at radius 1 is 0.691 bits per heavy atom. The summed E-state index contributed by atoms with van der Waals surface area (Å²) in [7, 11) is 4.95. The molecule has 0 radical (unpaired) electrons. The number of imidazole rings is 2. The molecule has 4 heterocycles. The molecule has 6 rings (SSSR count). The number of aromatic nitrogens is 4. The minimum atomic E-state index is -1.24. The van der Waals surface area contributed by atoms with Crippen molar-refractivity contribution in [2.45, 2.75) is 64.7 Å². The van der Waals surface area contributed by atoms with E-state index < -0.39 is 24.3 Å². The van der Waals surface area contributed by atoms with E-state index in [1.807, 2.05) is 88.2 Å². The molecule has 0 spiro atoms. The average molecular weight is 755 g/mol. The second kappa shape index (κ2) is 16.3. The molecule has 16 nitrogen and oxygen atoms in total. The van der Waals surface area contributed by atoms with Gasteiger partial charge in [0.05, 0.1) is 30.9 Å². The minimum absolute atomic E-state index is 0.148. The second-order valence-corrected chi connectivity index (χ2v) is 14.8. The van der Waals surface area contributed by atoms with Gasteiger partial charge in [-0.1, -0.05) is 76.2 Å². The highest BCUT2D eigenvalue weighted by molar-refractivity contribution is 5.86. The maximum absolute atomic E-state index is 13.7. The number of methoxy groups -OCH3 is 1. The van der Waals surface area contributed by atoms with Crippen LogP contribution in [-0.2, 0) is 14.3 Å². The standard InChI is InChI=1S/C39H50N10O6/c1-22(2)32(44-38(52)53)36(50)48-30(16-18-46(48)5)34-40-20-28(42-34)26-12-8-24(9-13-26)25-10-14-27(15-11-25)29-21-41-35(43-29)31-17-19-47(6)49(31)37(51)33(23(3)4)45-39(54)55-7/h8-15,20-23,30-33,44H,16-19H2,1-7H3,(H,40,42)(H,41,43)(H,45,54)(H,52,53)/t30-,31-,32-,33-/m0/s1. The fourth-order valence-electron chi connectivity index (χ4n) is 7.32. The van der Waals surface area contributed by atoms with Crippen LogP contribution >= 0.6 is 0 Å². The third kappa shape index (κ3) is 8.19. The van der Waals surface area contributed by atoms with Gasteiger partial charge >= 0.3 is 12.2 Å². The largest absolute Gasteiger partial charge is 0.465 e. The van der Waals surface area contributed by atoms with E-state index in [-0.39, 0.29) is 35.7 Å². The molecular formula is C39H50N10O6. The number of amides is 4. The highest BCUT2D eigenvalue weighted by atomic mass is 16.5. The van der Waals surface area contributed by atoms with Crippen molar-refractivity contribution in [2.24, 2.45) is 11.8 Å². The lowest BCUT2D eigenvalue weighted by molar-refractivity contribution is -0.150. The van der Waals surface area contributed by atoms with Crippen LogP contribution in [0.25, 0.3) is 33.6 Å². The van der Waals surface area contributed by atoms with Crippen molar-refractivity contribution in [2.75, 3.05) is 34.3 Å². The lowest BCUT2D eigenvalue weighted by atomic mass is 10.0. The second-order valence-electron chi connectivity index (χ2n) is 14.8. The molecule has 0 bridgehead atoms. The molecule has 55 heavy (non-hydrogen) atoms. The summed E-state index contributed by atoms with van der Waals surface area (Å²) in [4.78, 5) is 66.7. The van der Waals surface area contributed by atoms with Gasteiger partial charge in [0.25, 0.3) is 11.8 Å². The van der Waals surface area contributed by atoms with Crippen molar-refractivity contribution in [3.05, 3.63) is 72.6 Å². The van der Waals surface area contributed by atoms with Crippen molar-refractivity contribution >= 4 is 24.0 Å². The smallest absolute Gasteiger partial charge is 0.407 e. The van der Waals surface area contributed by atoms with E-state index >= 15 is 0 Å². The Labute approximate surface area is 320 Å². The van der Waals surface area contributed by atoms with Gasteiger partial charge in [-0.3, -0.25) is 19.6 Å². The topological polar surface area (TPSA) is 192 Å². The summed E-state index contributed by atoms with van der Waals surface area (Å²) in [5, 5.41) is 21.4. The first kappa shape index (κ1) is 39.0. The molecule has 2 aromatic heterocycles. The average Bonchev–Trinajstić information content (AvgIpc) is 3.99. The SMILES string of the molecule is COC(=O)N[C@H](C(=O)N1[C@H](c2ncc(-c3ccc(-c4ccc(-c5cnc([C@@H]6CCN(C)N6C(=O)[C@@H](NC(=O)O)C(C)C)[nH]5)cc4)cc3)[nH]2)CCN1C)C(C)C. The molecule has 2 fully saturated rings. The fourth-order valence-corrected chi connectivity index (χ4v) is 7.32. The number of benzene rings is 2. The summed E-state index contributed by atoms with van der Waals surface area (Å²) < 4.78 is 4.76. The summed E-state index contributed by atoms with van der Waals surface area (Å²) in [6, 6.07) is 14.0. The van der Waals surface area contributed by atoms with E-state index in [2.05, 4.69) is 42.7 Å². The predicted molar refractivity (Wildman–Crippen MR) is 205 cm³/mol. The van der Waals surface area contributed by atoms with E-state index in [0.29, 0.717) is 37.6 Å². The number of nitrogens with one attached hydrogen (secondary N) is 4. The summed E-state index contributed by atoms with van der Waals surface area (Å²) >= 11 is 0. The highest BCUT2D eigenvalue weighted by Gasteiger charge is 2.42. The van der Waals surface area contributed by atoms with Crippen LogP contribution < -0.4 is 10.6 Å². The maximum atomic E-state index is 13.7. The predicted octanol–water partition coefficient (Wildman–Crippen LogP) is 5.05. The van der Waals surface area contributed by atoms with Crippen molar-refractivity contribution < 1.29 is 29.0 Å². The molecule has 4 aromatic rings. The zero-order chi connectivity index (χ0) is 39.6. The Kier molecular flexibility index (Phi) is 11.6. The Hall–Kier alpha value is -5.74. The number of nitrogens with zero attached hydrogens (tertiary/aromatic N) is 6. The molecule has 2 saturated heterocycles. The number of carbonyl (C=O) groups is 4. The highest BCUT2D eigenvalue weighted by Crippen LogP contribution is 2.35. The number of aromatic amines is 2. The minimum Gasteiger partial charge on any atom is -0.465 e. The molecule has 0 aliphatic carbocycles. The quantitative estimate of drug-likeness (QED) is 0.139. The van der Waals surface area contributed by atoms with Crippen LogP contribution in [0.1, 0.15) is 64.3 Å². The van der Waals surface area contributed by atoms with Crippen molar-refractivity contribution in [3.63, 3.8) is 0 Å². The molecule has 2 aliphatic heterocycles. The third-order valence-electron chi connectivity index (χ3n) is 10.4. The van der Waals surface area contributed by atoms with Crippen molar-refractivity contribution in [1.29, 1.82) is 0 Å². The molecule has 16 heteroatoms. The van der Waals surface area contributed by atoms with Crippen LogP contribution in [0.2, 0.25) is 0 Å². The van der Waals surface area contributed by atoms with Crippen LogP contribution in [0.15, 0.2) is 60.9 Å². The van der Waals surface area contributed by atoms with Gasteiger partial charge in [-0.25, -0.2) is 29.6 Å². The van der Waals surface area contributed by atoms with Crippen LogP contribution in [0.3, 0.4) is 0 Å². The number of hydrogen-bond donors (Lipinski definition) is 5. The van der Waals surface area contributed by atoms with Gasteiger partial charge < -0.3 is 30.4 Å². The molecule has 2 aliphatic rings. The number of hydrogen-bond acceptors (Lipinski definition) is 9. The molecule has 5 N–H and O–H groups in total. The lowest BCUT2D eigenvalue weighted by Crippen LogP contribution is -2.54. The van der Waals surface area contributed by atoms with Gasteiger partial charge in [0, 0.05) is 27.2 Å². The normalized spacial score (nSPS) is 18.9. The zero-order valence-corrected chi connectivity index (χ0v) is 32.2. The summed E-state index contributed by atoms with van der Waals surface area (Å²) in [6.45, 7) is 8.68. The Bertz CT molecular complexity index is 1990. The number of carboxylic acid groups (broad SMARTS) is 1. The molecule has 4 atom stereocenters. The summed E-state index contributed by atoms with van der Waals surface area (Å²) in [6.07, 6.45) is 3.00. The molecule has 292 valence electrons. The first-order chi connectivity index (χ1) is 26.3. The van der Waals surface area contributed by atoms with E-state index in [4.69, 9.17) is 4.74 Å². The van der Waals surface area contributed by atoms with E-state index in [9.17, 15) is 24.3 Å². The first-order valence-corrected chi connectivity index (χ1v) is 18.5. The first-order valence-electron chi connectivity index (χ1n) is 18.5.